The SMILES string of the molecule is CCCC1=NC(=O)NC(c2ccc(-c3ccccc3)s2)C1C(=O)OCC. The molecule has 1 aromatic heterocycles. The zero-order valence-corrected chi connectivity index (χ0v) is 15.7. The van der Waals surface area contributed by atoms with E-state index < -0.39 is 18.0 Å². The number of aliphatic imine (C=N–C) groups is 1. The second kappa shape index (κ2) is 8.27. The molecule has 26 heavy (non-hydrogen) atoms. The first-order valence-corrected chi connectivity index (χ1v) is 9.65. The van der Waals surface area contributed by atoms with Gasteiger partial charge in [0, 0.05) is 15.5 Å². The molecule has 0 fully saturated rings. The zero-order chi connectivity index (χ0) is 18.5. The maximum atomic E-state index is 12.6. The Bertz CT molecular complexity index is 813. The Balaban J connectivity index is 1.96. The van der Waals surface area contributed by atoms with E-state index in [9.17, 15) is 9.59 Å². The predicted molar refractivity (Wildman–Crippen MR) is 103 cm³/mol. The molecule has 3 rings (SSSR count). The molecule has 1 N–H and O–H groups in total. The molecule has 5 nitrogen and oxygen atoms in total. The van der Waals surface area contributed by atoms with Gasteiger partial charge in [0.1, 0.15) is 5.92 Å². The van der Waals surface area contributed by atoms with Gasteiger partial charge in [-0.2, -0.15) is 0 Å². The molecular formula is C20H22N2O3S. The van der Waals surface area contributed by atoms with Crippen molar-refractivity contribution in [2.75, 3.05) is 6.61 Å². The Hall–Kier alpha value is -2.47. The Kier molecular flexibility index (Phi) is 5.83. The highest BCUT2D eigenvalue weighted by atomic mass is 32.1. The van der Waals surface area contributed by atoms with Crippen molar-refractivity contribution in [2.45, 2.75) is 32.7 Å². The second-order valence-corrected chi connectivity index (χ2v) is 7.19. The van der Waals surface area contributed by atoms with E-state index in [0.717, 1.165) is 21.7 Å². The number of thiophene rings is 1. The average molecular weight is 370 g/mol. The molecule has 2 unspecified atom stereocenters. The number of carbonyl (C=O) groups is 2. The van der Waals surface area contributed by atoms with Crippen molar-refractivity contribution in [3.63, 3.8) is 0 Å². The van der Waals surface area contributed by atoms with Crippen molar-refractivity contribution in [1.29, 1.82) is 0 Å². The molecular weight excluding hydrogens is 348 g/mol. The van der Waals surface area contributed by atoms with E-state index >= 15 is 0 Å². The second-order valence-electron chi connectivity index (χ2n) is 6.08. The Morgan fingerprint density at radius 3 is 2.65 bits per heavy atom. The molecule has 0 spiro atoms. The van der Waals surface area contributed by atoms with Crippen LogP contribution in [0.5, 0.6) is 0 Å². The lowest BCUT2D eigenvalue weighted by Gasteiger charge is -2.29. The van der Waals surface area contributed by atoms with Crippen LogP contribution in [0, 0.1) is 5.92 Å². The summed E-state index contributed by atoms with van der Waals surface area (Å²) >= 11 is 1.58. The summed E-state index contributed by atoms with van der Waals surface area (Å²) < 4.78 is 5.27. The van der Waals surface area contributed by atoms with Crippen LogP contribution in [-0.4, -0.2) is 24.3 Å². The van der Waals surface area contributed by atoms with E-state index in [4.69, 9.17) is 4.74 Å². The summed E-state index contributed by atoms with van der Waals surface area (Å²) in [6, 6.07) is 13.2. The number of urea groups is 1. The number of amides is 2. The van der Waals surface area contributed by atoms with Gasteiger partial charge < -0.3 is 10.1 Å². The minimum atomic E-state index is -0.574. The van der Waals surface area contributed by atoms with Gasteiger partial charge >= 0.3 is 12.0 Å². The summed E-state index contributed by atoms with van der Waals surface area (Å²) in [7, 11) is 0. The molecule has 2 heterocycles. The minimum absolute atomic E-state index is 0.301. The van der Waals surface area contributed by atoms with Gasteiger partial charge in [-0.1, -0.05) is 43.7 Å². The van der Waals surface area contributed by atoms with Crippen LogP contribution in [0.25, 0.3) is 10.4 Å². The molecule has 2 amide bonds. The fraction of sp³-hybridized carbons (Fsp3) is 0.350. The van der Waals surface area contributed by atoms with Gasteiger partial charge in [0.05, 0.1) is 12.6 Å². The van der Waals surface area contributed by atoms with E-state index in [-0.39, 0.29) is 5.97 Å². The summed E-state index contributed by atoms with van der Waals surface area (Å²) in [6.07, 6.45) is 1.42. The number of nitrogens with zero attached hydrogens (tertiary/aromatic N) is 1. The van der Waals surface area contributed by atoms with Crippen molar-refractivity contribution < 1.29 is 14.3 Å². The minimum Gasteiger partial charge on any atom is -0.465 e. The molecule has 0 saturated carbocycles. The molecule has 1 aromatic carbocycles. The molecule has 2 atom stereocenters. The third-order valence-corrected chi connectivity index (χ3v) is 5.47. The quantitative estimate of drug-likeness (QED) is 0.756. The Morgan fingerprint density at radius 2 is 1.96 bits per heavy atom. The molecule has 2 aromatic rings. The highest BCUT2D eigenvalue weighted by Crippen LogP contribution is 2.37. The van der Waals surface area contributed by atoms with Crippen molar-refractivity contribution in [1.82, 2.24) is 5.32 Å². The first-order valence-electron chi connectivity index (χ1n) is 8.83. The molecule has 1 aliphatic heterocycles. The molecule has 0 bridgehead atoms. The van der Waals surface area contributed by atoms with Gasteiger partial charge in [-0.05, 0) is 31.0 Å². The van der Waals surface area contributed by atoms with Gasteiger partial charge in [0.25, 0.3) is 0 Å². The van der Waals surface area contributed by atoms with Crippen LogP contribution < -0.4 is 5.32 Å². The molecule has 0 aliphatic carbocycles. The zero-order valence-electron chi connectivity index (χ0n) is 14.9. The van der Waals surface area contributed by atoms with Crippen LogP contribution in [0.2, 0.25) is 0 Å². The van der Waals surface area contributed by atoms with E-state index in [1.807, 2.05) is 49.4 Å². The number of rotatable bonds is 6. The number of carbonyl (C=O) groups excluding carboxylic acids is 2. The van der Waals surface area contributed by atoms with E-state index in [0.29, 0.717) is 18.7 Å². The highest BCUT2D eigenvalue weighted by molar-refractivity contribution is 7.15. The summed E-state index contributed by atoms with van der Waals surface area (Å²) in [4.78, 5) is 30.8. The first-order chi connectivity index (χ1) is 12.6. The number of nitrogens with one attached hydrogen (secondary N) is 1. The number of hydrogen-bond donors (Lipinski definition) is 1. The largest absolute Gasteiger partial charge is 0.465 e. The summed E-state index contributed by atoms with van der Waals surface area (Å²) in [5.41, 5.74) is 1.72. The maximum absolute atomic E-state index is 12.6. The lowest BCUT2D eigenvalue weighted by atomic mass is 9.89. The van der Waals surface area contributed by atoms with Crippen LogP contribution in [0.3, 0.4) is 0 Å². The van der Waals surface area contributed by atoms with Crippen molar-refractivity contribution in [3.05, 3.63) is 47.3 Å². The lowest BCUT2D eigenvalue weighted by molar-refractivity contribution is -0.146. The van der Waals surface area contributed by atoms with Gasteiger partial charge in [0.2, 0.25) is 0 Å². The monoisotopic (exact) mass is 370 g/mol. The fourth-order valence-electron chi connectivity index (χ4n) is 3.13. The number of hydrogen-bond acceptors (Lipinski definition) is 4. The Morgan fingerprint density at radius 1 is 1.19 bits per heavy atom. The smallest absolute Gasteiger partial charge is 0.341 e. The number of benzene rings is 1. The van der Waals surface area contributed by atoms with Crippen LogP contribution in [-0.2, 0) is 9.53 Å². The summed E-state index contributed by atoms with van der Waals surface area (Å²) in [6.45, 7) is 4.09. The first kappa shape index (κ1) is 18.3. The third kappa shape index (κ3) is 3.85. The topological polar surface area (TPSA) is 67.8 Å². The predicted octanol–water partition coefficient (Wildman–Crippen LogP) is 4.60. The van der Waals surface area contributed by atoms with Gasteiger partial charge in [0.15, 0.2) is 0 Å². The summed E-state index contributed by atoms with van der Waals surface area (Å²) in [5, 5.41) is 2.86. The number of esters is 1. The van der Waals surface area contributed by atoms with E-state index in [1.54, 1.807) is 18.3 Å². The van der Waals surface area contributed by atoms with Crippen molar-refractivity contribution in [3.8, 4) is 10.4 Å². The molecule has 6 heteroatoms. The molecule has 1 aliphatic rings. The van der Waals surface area contributed by atoms with E-state index in [1.165, 1.54) is 0 Å². The van der Waals surface area contributed by atoms with Crippen molar-refractivity contribution >= 4 is 29.0 Å². The van der Waals surface area contributed by atoms with Crippen LogP contribution in [0.15, 0.2) is 47.5 Å². The van der Waals surface area contributed by atoms with Crippen LogP contribution in [0.1, 0.15) is 37.6 Å². The fourth-order valence-corrected chi connectivity index (χ4v) is 4.23. The highest BCUT2D eigenvalue weighted by Gasteiger charge is 2.40. The molecule has 0 radical (unpaired) electrons. The van der Waals surface area contributed by atoms with Crippen LogP contribution in [0.4, 0.5) is 4.79 Å². The lowest BCUT2D eigenvalue weighted by Crippen LogP contribution is -2.44. The number of ether oxygens (including phenoxy) is 1. The normalized spacial score (nSPS) is 19.6. The summed E-state index contributed by atoms with van der Waals surface area (Å²) in [5.74, 6) is -0.908. The van der Waals surface area contributed by atoms with Gasteiger partial charge in [-0.15, -0.1) is 11.3 Å². The van der Waals surface area contributed by atoms with Crippen LogP contribution >= 0.6 is 11.3 Å². The molecule has 0 saturated heterocycles. The standard InChI is InChI=1S/C20H22N2O3S/c1-3-8-14-17(19(23)25-4-2)18(22-20(24)21-14)16-12-11-15(26-16)13-9-6-5-7-10-13/h5-7,9-12,17-18H,3-4,8H2,1-2H3,(H,22,24). The molecule has 136 valence electrons. The van der Waals surface area contributed by atoms with E-state index in [2.05, 4.69) is 10.3 Å². The van der Waals surface area contributed by atoms with Gasteiger partial charge in [-0.25, -0.2) is 9.79 Å². The van der Waals surface area contributed by atoms with Gasteiger partial charge in [-0.3, -0.25) is 4.79 Å². The van der Waals surface area contributed by atoms with Crippen molar-refractivity contribution in [2.24, 2.45) is 10.9 Å². The maximum Gasteiger partial charge on any atom is 0.341 e. The third-order valence-electron chi connectivity index (χ3n) is 4.25. The average Bonchev–Trinajstić information content (AvgIpc) is 3.12. The Labute approximate surface area is 157 Å².